The van der Waals surface area contributed by atoms with E-state index in [0.29, 0.717) is 5.56 Å². The van der Waals surface area contributed by atoms with Gasteiger partial charge in [0.05, 0.1) is 16.6 Å². The first-order valence-corrected chi connectivity index (χ1v) is 7.51. The zero-order valence-electron chi connectivity index (χ0n) is 13.7. The van der Waals surface area contributed by atoms with Gasteiger partial charge < -0.3 is 10.2 Å². The summed E-state index contributed by atoms with van der Waals surface area (Å²) in [5.41, 5.74) is 2.45. The van der Waals surface area contributed by atoms with Gasteiger partial charge in [-0.3, -0.25) is 10.1 Å². The lowest BCUT2D eigenvalue weighted by atomic mass is 9.97. The van der Waals surface area contributed by atoms with Crippen molar-refractivity contribution in [3.05, 3.63) is 55.3 Å². The number of halogens is 1. The number of aromatic nitrogens is 1. The first kappa shape index (κ1) is 18.2. The molecule has 0 atom stereocenters. The van der Waals surface area contributed by atoms with E-state index >= 15 is 0 Å². The van der Waals surface area contributed by atoms with E-state index in [4.69, 9.17) is 11.6 Å². The van der Waals surface area contributed by atoms with Gasteiger partial charge in [-0.2, -0.15) is 5.26 Å². The molecule has 0 amide bonds. The van der Waals surface area contributed by atoms with Crippen molar-refractivity contribution in [2.24, 2.45) is 0 Å². The highest BCUT2D eigenvalue weighted by molar-refractivity contribution is 6.31. The fourth-order valence-corrected chi connectivity index (χ4v) is 2.76. The molecule has 0 saturated carbocycles. The Bertz CT molecular complexity index is 962. The number of hydrogen-bond donors (Lipinski definition) is 2. The van der Waals surface area contributed by atoms with Gasteiger partial charge in [-0.25, -0.2) is 4.98 Å². The average Bonchev–Trinajstić information content (AvgIpc) is 2.54. The summed E-state index contributed by atoms with van der Waals surface area (Å²) in [7, 11) is 0. The summed E-state index contributed by atoms with van der Waals surface area (Å²) in [5, 5.41) is 39.8. The predicted octanol–water partition coefficient (Wildman–Crippen LogP) is 4.04. The Labute approximate surface area is 148 Å². The molecule has 2 rings (SSSR count). The number of hydrogen-bond acceptors (Lipinski definition) is 6. The normalized spacial score (nSPS) is 11.2. The van der Waals surface area contributed by atoms with Crippen molar-refractivity contribution in [3.63, 3.8) is 0 Å². The second-order valence-corrected chi connectivity index (χ2v) is 5.81. The monoisotopic (exact) mass is 359 g/mol. The summed E-state index contributed by atoms with van der Waals surface area (Å²) in [6, 6.07) is 4.18. The van der Waals surface area contributed by atoms with Crippen molar-refractivity contribution in [3.8, 4) is 17.6 Å². The van der Waals surface area contributed by atoms with Gasteiger partial charge in [0.15, 0.2) is 5.75 Å². The molecule has 8 heteroatoms. The third-order valence-electron chi connectivity index (χ3n) is 3.94. The lowest BCUT2D eigenvalue weighted by Gasteiger charge is -2.12. The van der Waals surface area contributed by atoms with E-state index < -0.39 is 22.1 Å². The van der Waals surface area contributed by atoms with Crippen LogP contribution in [0.2, 0.25) is 5.15 Å². The smallest absolute Gasteiger partial charge is 0.315 e. The first-order chi connectivity index (χ1) is 11.7. The van der Waals surface area contributed by atoms with Crippen molar-refractivity contribution in [1.29, 1.82) is 5.26 Å². The molecule has 0 radical (unpaired) electrons. The number of benzene rings is 1. The molecule has 2 aromatic rings. The van der Waals surface area contributed by atoms with E-state index in [1.807, 2.05) is 13.0 Å². The maximum Gasteiger partial charge on any atom is 0.315 e. The second kappa shape index (κ2) is 6.79. The molecule has 7 nitrogen and oxygen atoms in total. The van der Waals surface area contributed by atoms with Crippen LogP contribution in [0.5, 0.6) is 11.5 Å². The van der Waals surface area contributed by atoms with E-state index in [0.717, 1.165) is 29.0 Å². The van der Waals surface area contributed by atoms with Crippen LogP contribution in [0.15, 0.2) is 12.1 Å². The second-order valence-electron chi connectivity index (χ2n) is 5.45. The molecule has 2 N–H and O–H groups in total. The minimum absolute atomic E-state index is 0.137. The van der Waals surface area contributed by atoms with Gasteiger partial charge >= 0.3 is 5.69 Å². The van der Waals surface area contributed by atoms with Crippen molar-refractivity contribution in [2.75, 3.05) is 0 Å². The number of phenolic OH excluding ortho intramolecular Hbond substituents is 2. The molecule has 0 aliphatic carbocycles. The fraction of sp³-hybridized carbons (Fsp3) is 0.176. The Morgan fingerprint density at radius 1 is 1.32 bits per heavy atom. The molecule has 0 unspecified atom stereocenters. The van der Waals surface area contributed by atoms with Crippen LogP contribution in [0.1, 0.15) is 27.9 Å². The van der Waals surface area contributed by atoms with Crippen LogP contribution in [0, 0.1) is 42.2 Å². The van der Waals surface area contributed by atoms with Gasteiger partial charge in [-0.05, 0) is 49.6 Å². The summed E-state index contributed by atoms with van der Waals surface area (Å²) in [5.74, 6) is -1.48. The third kappa shape index (κ3) is 3.39. The molecule has 25 heavy (non-hydrogen) atoms. The predicted molar refractivity (Wildman–Crippen MR) is 93.4 cm³/mol. The molecule has 0 spiro atoms. The Hall–Kier alpha value is -3.11. The molecule has 1 aromatic heterocycles. The zero-order chi connectivity index (χ0) is 18.9. The summed E-state index contributed by atoms with van der Waals surface area (Å²) in [4.78, 5) is 14.3. The van der Waals surface area contributed by atoms with E-state index in [9.17, 15) is 25.6 Å². The van der Waals surface area contributed by atoms with Crippen LogP contribution in [-0.2, 0) is 0 Å². The Kier molecular flexibility index (Phi) is 4.95. The van der Waals surface area contributed by atoms with E-state index in [2.05, 4.69) is 4.98 Å². The fourth-order valence-electron chi connectivity index (χ4n) is 2.39. The zero-order valence-corrected chi connectivity index (χ0v) is 14.4. The van der Waals surface area contributed by atoms with Gasteiger partial charge in [-0.1, -0.05) is 11.6 Å². The molecule has 1 aromatic carbocycles. The highest BCUT2D eigenvalue weighted by Crippen LogP contribution is 2.38. The van der Waals surface area contributed by atoms with Gasteiger partial charge in [0, 0.05) is 17.3 Å². The topological polar surface area (TPSA) is 120 Å². The van der Waals surface area contributed by atoms with Crippen LogP contribution in [0.4, 0.5) is 5.69 Å². The molecule has 0 aliphatic heterocycles. The molecular formula is C17H14ClN3O4. The maximum absolute atomic E-state index is 11.0. The number of nitrogens with zero attached hydrogens (tertiary/aromatic N) is 3. The van der Waals surface area contributed by atoms with E-state index in [1.165, 1.54) is 6.08 Å². The van der Waals surface area contributed by atoms with E-state index in [-0.39, 0.29) is 16.3 Å². The lowest BCUT2D eigenvalue weighted by molar-refractivity contribution is -0.386. The molecule has 1 heterocycles. The highest BCUT2D eigenvalue weighted by Gasteiger charge is 2.20. The number of nitro benzene ring substituents is 1. The summed E-state index contributed by atoms with van der Waals surface area (Å²) >= 11 is 6.18. The summed E-state index contributed by atoms with van der Waals surface area (Å²) in [6.45, 7) is 5.45. The largest absolute Gasteiger partial charge is 0.504 e. The molecule has 0 saturated heterocycles. The number of aryl methyl sites for hydroxylation is 1. The number of allylic oxidation sites excluding steroid dienone is 1. The molecule has 0 aliphatic rings. The van der Waals surface area contributed by atoms with Crippen molar-refractivity contribution >= 4 is 28.9 Å². The number of rotatable bonds is 3. The number of aromatic hydroxyl groups is 2. The lowest BCUT2D eigenvalue weighted by Crippen LogP contribution is -1.99. The molecule has 0 fully saturated rings. The Balaban J connectivity index is 2.71. The van der Waals surface area contributed by atoms with Crippen LogP contribution in [0.3, 0.4) is 0 Å². The SMILES string of the molecule is Cc1nc(Cl)c(/C(C#N)=C/c2cc(O)c(O)c([N+](=O)[O-])c2)c(C)c1C. The standard InChI is InChI=1S/C17H14ClN3O4/c1-8-9(2)15(17(18)20-10(8)3)12(7-19)4-11-5-13(21(24)25)16(23)14(22)6-11/h4-6,22-23H,1-3H3/b12-4+. The van der Waals surface area contributed by atoms with Gasteiger partial charge in [-0.15, -0.1) is 0 Å². The Morgan fingerprint density at radius 3 is 2.52 bits per heavy atom. The van der Waals surface area contributed by atoms with Gasteiger partial charge in [0.2, 0.25) is 5.75 Å². The van der Waals surface area contributed by atoms with Crippen LogP contribution in [0.25, 0.3) is 11.6 Å². The molecule has 0 bridgehead atoms. The van der Waals surface area contributed by atoms with Crippen LogP contribution < -0.4 is 0 Å². The van der Waals surface area contributed by atoms with Crippen LogP contribution >= 0.6 is 11.6 Å². The number of pyridine rings is 1. The van der Waals surface area contributed by atoms with Crippen LogP contribution in [-0.4, -0.2) is 20.1 Å². The van der Waals surface area contributed by atoms with Crippen molar-refractivity contribution < 1.29 is 15.1 Å². The summed E-state index contributed by atoms with van der Waals surface area (Å²) < 4.78 is 0. The maximum atomic E-state index is 11.0. The minimum atomic E-state index is -0.831. The van der Waals surface area contributed by atoms with Crippen molar-refractivity contribution in [2.45, 2.75) is 20.8 Å². The number of nitro groups is 1. The Morgan fingerprint density at radius 2 is 1.96 bits per heavy atom. The van der Waals surface area contributed by atoms with Gasteiger partial charge in [0.25, 0.3) is 0 Å². The van der Waals surface area contributed by atoms with Gasteiger partial charge in [0.1, 0.15) is 5.15 Å². The minimum Gasteiger partial charge on any atom is -0.504 e. The average molecular weight is 360 g/mol. The number of phenols is 2. The third-order valence-corrected chi connectivity index (χ3v) is 4.22. The quantitative estimate of drug-likeness (QED) is 0.280. The summed E-state index contributed by atoms with van der Waals surface area (Å²) in [6.07, 6.45) is 1.34. The van der Waals surface area contributed by atoms with E-state index in [1.54, 1.807) is 13.8 Å². The molecular weight excluding hydrogens is 346 g/mol. The first-order valence-electron chi connectivity index (χ1n) is 7.13. The molecule has 128 valence electrons. The highest BCUT2D eigenvalue weighted by atomic mass is 35.5. The number of nitriles is 1. The van der Waals surface area contributed by atoms with Crippen molar-refractivity contribution in [1.82, 2.24) is 4.98 Å².